The molecular formula is C27H34N8O4. The van der Waals surface area contributed by atoms with Crippen LogP contribution in [0.15, 0.2) is 40.2 Å². The molecule has 3 aromatic heterocycles. The Labute approximate surface area is 225 Å². The zero-order chi connectivity index (χ0) is 27.7. The number of hydrogen-bond acceptors (Lipinski definition) is 8. The highest BCUT2D eigenvalue weighted by molar-refractivity contribution is 6.11. The standard InChI is InChI=1S/C27H34N8O4/c1-4-34-23-22(21(24(36)31-11-13-39-3)25(34)33-12-5-6-18(28)16-33)32(2)27(38)35(26(23)37)15-17-7-8-19-20(14-17)30-10-9-29-19/h7-10,14,18H,4-6,11-13,15-16,28H2,1-3H3,(H,31,36)/t18-/m1/s1. The van der Waals surface area contributed by atoms with Gasteiger partial charge in [0.2, 0.25) is 0 Å². The lowest BCUT2D eigenvalue weighted by molar-refractivity contribution is 0.0938. The number of nitrogens with zero attached hydrogens (tertiary/aromatic N) is 6. The second kappa shape index (κ2) is 11.0. The first-order valence-electron chi connectivity index (χ1n) is 13.2. The average molecular weight is 535 g/mol. The molecule has 39 heavy (non-hydrogen) atoms. The van der Waals surface area contributed by atoms with Gasteiger partial charge in [-0.05, 0) is 37.5 Å². The van der Waals surface area contributed by atoms with Gasteiger partial charge in [-0.1, -0.05) is 6.07 Å². The van der Waals surface area contributed by atoms with Gasteiger partial charge in [-0.2, -0.15) is 0 Å². The monoisotopic (exact) mass is 534 g/mol. The molecular weight excluding hydrogens is 500 g/mol. The van der Waals surface area contributed by atoms with Gasteiger partial charge in [0.15, 0.2) is 0 Å². The Balaban J connectivity index is 1.72. The molecule has 0 aliphatic carbocycles. The molecule has 3 N–H and O–H groups in total. The molecule has 1 aromatic carbocycles. The number of carbonyl (C=O) groups is 1. The van der Waals surface area contributed by atoms with Crippen molar-refractivity contribution in [2.75, 3.05) is 38.3 Å². The van der Waals surface area contributed by atoms with Gasteiger partial charge in [0.05, 0.1) is 29.7 Å². The van der Waals surface area contributed by atoms with Crippen molar-refractivity contribution in [1.29, 1.82) is 0 Å². The summed E-state index contributed by atoms with van der Waals surface area (Å²) in [7, 11) is 3.16. The van der Waals surface area contributed by atoms with Crippen LogP contribution in [0.25, 0.3) is 22.1 Å². The summed E-state index contributed by atoms with van der Waals surface area (Å²) in [4.78, 5) is 52.0. The van der Waals surface area contributed by atoms with Crippen LogP contribution < -0.4 is 27.2 Å². The topological polar surface area (TPSA) is 142 Å². The summed E-state index contributed by atoms with van der Waals surface area (Å²) >= 11 is 0. The first-order chi connectivity index (χ1) is 18.8. The van der Waals surface area contributed by atoms with E-state index in [0.717, 1.165) is 23.9 Å². The molecule has 1 saturated heterocycles. The van der Waals surface area contributed by atoms with E-state index in [9.17, 15) is 14.4 Å². The third-order valence-corrected chi connectivity index (χ3v) is 7.28. The number of aromatic nitrogens is 5. The van der Waals surface area contributed by atoms with E-state index in [1.807, 2.05) is 29.7 Å². The quantitative estimate of drug-likeness (QED) is 0.317. The number of rotatable bonds is 8. The number of nitrogens with one attached hydrogen (secondary N) is 1. The molecule has 1 aliphatic heterocycles. The lowest BCUT2D eigenvalue weighted by Crippen LogP contribution is -2.44. The Morgan fingerprint density at radius 1 is 1.15 bits per heavy atom. The minimum absolute atomic E-state index is 0.0528. The third-order valence-electron chi connectivity index (χ3n) is 7.28. The van der Waals surface area contributed by atoms with Crippen LogP contribution in [0.5, 0.6) is 0 Å². The molecule has 4 heterocycles. The zero-order valence-corrected chi connectivity index (χ0v) is 22.5. The van der Waals surface area contributed by atoms with Crippen LogP contribution in [-0.4, -0.2) is 69.0 Å². The minimum atomic E-state index is -0.507. The average Bonchev–Trinajstić information content (AvgIpc) is 3.30. The van der Waals surface area contributed by atoms with Gasteiger partial charge in [0, 0.05) is 58.8 Å². The SMILES string of the molecule is CCn1c(N2CCC[C@@H](N)C2)c(C(=O)NCCOC)c2c1c(=O)n(Cc1ccc3nccnc3c1)c(=O)n2C. The second-order valence-electron chi connectivity index (χ2n) is 9.85. The fraction of sp³-hybridized carbons (Fsp3) is 0.444. The van der Waals surface area contributed by atoms with Gasteiger partial charge in [-0.15, -0.1) is 0 Å². The third kappa shape index (κ3) is 4.81. The summed E-state index contributed by atoms with van der Waals surface area (Å²) in [5.74, 6) is 0.252. The van der Waals surface area contributed by atoms with Crippen LogP contribution in [0.2, 0.25) is 0 Å². The van der Waals surface area contributed by atoms with Crippen LogP contribution in [0, 0.1) is 0 Å². The molecule has 0 spiro atoms. The molecule has 0 saturated carbocycles. The van der Waals surface area contributed by atoms with Gasteiger partial charge in [-0.3, -0.25) is 28.7 Å². The van der Waals surface area contributed by atoms with Crippen molar-refractivity contribution >= 4 is 33.8 Å². The van der Waals surface area contributed by atoms with Crippen molar-refractivity contribution in [3.05, 3.63) is 62.6 Å². The number of anilines is 1. The molecule has 12 nitrogen and oxygen atoms in total. The molecule has 0 unspecified atom stereocenters. The zero-order valence-electron chi connectivity index (χ0n) is 22.5. The van der Waals surface area contributed by atoms with Gasteiger partial charge >= 0.3 is 5.69 Å². The molecule has 0 bridgehead atoms. The Hall–Kier alpha value is -4.03. The van der Waals surface area contributed by atoms with Crippen LogP contribution >= 0.6 is 0 Å². The molecule has 206 valence electrons. The maximum Gasteiger partial charge on any atom is 0.331 e. The number of methoxy groups -OCH3 is 1. The van der Waals surface area contributed by atoms with Crippen molar-refractivity contribution in [3.8, 4) is 0 Å². The van der Waals surface area contributed by atoms with E-state index in [2.05, 4.69) is 20.2 Å². The molecule has 1 atom stereocenters. The molecule has 5 rings (SSSR count). The molecule has 1 aliphatic rings. The lowest BCUT2D eigenvalue weighted by Gasteiger charge is -2.33. The summed E-state index contributed by atoms with van der Waals surface area (Å²) in [5, 5.41) is 2.89. The molecule has 4 aromatic rings. The summed E-state index contributed by atoms with van der Waals surface area (Å²) < 4.78 is 9.57. The normalized spacial score (nSPS) is 15.8. The van der Waals surface area contributed by atoms with Gasteiger partial charge in [-0.25, -0.2) is 4.79 Å². The Bertz CT molecular complexity index is 1650. The van der Waals surface area contributed by atoms with E-state index in [1.165, 1.54) is 9.13 Å². The van der Waals surface area contributed by atoms with Crippen molar-refractivity contribution in [2.24, 2.45) is 12.8 Å². The first-order valence-corrected chi connectivity index (χ1v) is 13.2. The number of amides is 1. The largest absolute Gasteiger partial charge is 0.383 e. The highest BCUT2D eigenvalue weighted by atomic mass is 16.5. The molecule has 1 amide bonds. The van der Waals surface area contributed by atoms with Crippen molar-refractivity contribution in [2.45, 2.75) is 38.9 Å². The molecule has 1 fully saturated rings. The number of nitrogens with two attached hydrogens (primary N) is 1. The first kappa shape index (κ1) is 26.6. The highest BCUT2D eigenvalue weighted by Crippen LogP contribution is 2.32. The Morgan fingerprint density at radius 2 is 1.92 bits per heavy atom. The van der Waals surface area contributed by atoms with Crippen LogP contribution in [0.4, 0.5) is 5.82 Å². The highest BCUT2D eigenvalue weighted by Gasteiger charge is 2.32. The van der Waals surface area contributed by atoms with Gasteiger partial charge in [0.25, 0.3) is 11.5 Å². The summed E-state index contributed by atoms with van der Waals surface area (Å²) in [6.45, 7) is 4.30. The van der Waals surface area contributed by atoms with Gasteiger partial charge < -0.3 is 25.3 Å². The lowest BCUT2D eigenvalue weighted by atomic mass is 10.1. The van der Waals surface area contributed by atoms with Crippen LogP contribution in [-0.2, 0) is 24.9 Å². The predicted molar refractivity (Wildman–Crippen MR) is 149 cm³/mol. The fourth-order valence-corrected chi connectivity index (χ4v) is 5.46. The number of benzene rings is 1. The molecule has 12 heteroatoms. The van der Waals surface area contributed by atoms with Crippen molar-refractivity contribution < 1.29 is 9.53 Å². The van der Waals surface area contributed by atoms with Crippen LogP contribution in [0.1, 0.15) is 35.7 Å². The van der Waals surface area contributed by atoms with Crippen molar-refractivity contribution in [3.63, 3.8) is 0 Å². The van der Waals surface area contributed by atoms with Crippen LogP contribution in [0.3, 0.4) is 0 Å². The number of fused-ring (bicyclic) bond motifs is 2. The Morgan fingerprint density at radius 3 is 2.64 bits per heavy atom. The van der Waals surface area contributed by atoms with E-state index in [4.69, 9.17) is 10.5 Å². The summed E-state index contributed by atoms with van der Waals surface area (Å²) in [6, 6.07) is 5.43. The van der Waals surface area contributed by atoms with Crippen molar-refractivity contribution in [1.82, 2.24) is 29.0 Å². The van der Waals surface area contributed by atoms with E-state index < -0.39 is 11.2 Å². The smallest absolute Gasteiger partial charge is 0.331 e. The summed E-state index contributed by atoms with van der Waals surface area (Å²) in [5.41, 5.74) is 8.44. The van der Waals surface area contributed by atoms with Gasteiger partial charge in [0.1, 0.15) is 16.9 Å². The maximum atomic E-state index is 14.1. The Kier molecular flexibility index (Phi) is 7.49. The van der Waals surface area contributed by atoms with E-state index in [0.29, 0.717) is 60.7 Å². The fourth-order valence-electron chi connectivity index (χ4n) is 5.46. The number of piperidine rings is 1. The number of ether oxygens (including phenoxy) is 1. The molecule has 0 radical (unpaired) electrons. The minimum Gasteiger partial charge on any atom is -0.383 e. The van der Waals surface area contributed by atoms with E-state index in [1.54, 1.807) is 26.6 Å². The van der Waals surface area contributed by atoms with E-state index >= 15 is 0 Å². The maximum absolute atomic E-state index is 14.1. The second-order valence-corrected chi connectivity index (χ2v) is 9.85. The number of aryl methyl sites for hydroxylation is 2. The van der Waals surface area contributed by atoms with E-state index in [-0.39, 0.29) is 18.5 Å². The summed E-state index contributed by atoms with van der Waals surface area (Å²) in [6.07, 6.45) is 4.97. The predicted octanol–water partition coefficient (Wildman–Crippen LogP) is 0.817. The number of carbonyl (C=O) groups excluding carboxylic acids is 1. The number of hydrogen-bond donors (Lipinski definition) is 2.